The monoisotopic (exact) mass is 308 g/mol. The average Bonchev–Trinajstić information content (AvgIpc) is 3.03. The van der Waals surface area contributed by atoms with E-state index in [0.717, 1.165) is 29.0 Å². The zero-order chi connectivity index (χ0) is 15.2. The highest BCUT2D eigenvalue weighted by Gasteiger charge is 2.12. The van der Waals surface area contributed by atoms with Gasteiger partial charge in [0.15, 0.2) is 0 Å². The van der Waals surface area contributed by atoms with Gasteiger partial charge in [-0.05, 0) is 41.5 Å². The Hall–Kier alpha value is -2.33. The lowest BCUT2D eigenvalue weighted by Crippen LogP contribution is -1.95. The molecule has 3 rings (SSSR count). The van der Waals surface area contributed by atoms with E-state index in [1.807, 2.05) is 18.2 Å². The first-order chi connectivity index (χ1) is 10.9. The third kappa shape index (κ3) is 3.28. The first-order valence-corrected chi connectivity index (χ1v) is 8.10. The molecule has 0 aliphatic rings. The van der Waals surface area contributed by atoms with Gasteiger partial charge >= 0.3 is 0 Å². The van der Waals surface area contributed by atoms with Crippen LogP contribution in [0, 0.1) is 4.91 Å². The molecule has 0 fully saturated rings. The van der Waals surface area contributed by atoms with Gasteiger partial charge in [-0.25, -0.2) is 0 Å². The van der Waals surface area contributed by atoms with E-state index in [9.17, 15) is 4.91 Å². The number of hydrogen-bond donors (Lipinski definition) is 0. The van der Waals surface area contributed by atoms with Crippen molar-refractivity contribution >= 4 is 11.3 Å². The van der Waals surface area contributed by atoms with Gasteiger partial charge in [0.05, 0.1) is 10.6 Å². The van der Waals surface area contributed by atoms with Crippen molar-refractivity contribution in [1.82, 2.24) is 4.98 Å². The summed E-state index contributed by atoms with van der Waals surface area (Å²) in [6.07, 6.45) is 3.73. The van der Waals surface area contributed by atoms with Crippen molar-refractivity contribution in [3.63, 3.8) is 0 Å². The summed E-state index contributed by atoms with van der Waals surface area (Å²) in [6.45, 7) is 0.166. The van der Waals surface area contributed by atoms with Crippen molar-refractivity contribution in [3.05, 3.63) is 81.7 Å². The highest BCUT2D eigenvalue weighted by atomic mass is 32.1. The largest absolute Gasteiger partial charge is 0.255 e. The maximum Gasteiger partial charge on any atom is 0.108 e. The summed E-state index contributed by atoms with van der Waals surface area (Å²) in [5.41, 5.74) is 4.39. The van der Waals surface area contributed by atoms with Gasteiger partial charge < -0.3 is 0 Å². The molecule has 0 aliphatic heterocycles. The summed E-state index contributed by atoms with van der Waals surface area (Å²) in [4.78, 5) is 16.2. The number of benzene rings is 1. The molecule has 2 heterocycles. The number of hydrogen-bond acceptors (Lipinski definition) is 4. The fourth-order valence-electron chi connectivity index (χ4n) is 2.50. The predicted molar refractivity (Wildman–Crippen MR) is 90.9 cm³/mol. The van der Waals surface area contributed by atoms with Gasteiger partial charge in [-0.15, -0.1) is 11.3 Å². The van der Waals surface area contributed by atoms with Gasteiger partial charge in [-0.2, -0.15) is 4.91 Å². The first-order valence-electron chi connectivity index (χ1n) is 7.22. The molecule has 0 amide bonds. The Morgan fingerprint density at radius 3 is 2.64 bits per heavy atom. The van der Waals surface area contributed by atoms with Crippen LogP contribution in [0.25, 0.3) is 10.6 Å². The standard InChI is InChI=1S/C18H16N2OS/c21-20-13-16-7-4-11-19-17(16)18-15(10-12-22-18)9-8-14-5-2-1-3-6-14/h1-7,10-12H,8-9,13H2. The van der Waals surface area contributed by atoms with Crippen LogP contribution in [0.4, 0.5) is 0 Å². The van der Waals surface area contributed by atoms with Crippen LogP contribution in [0.5, 0.6) is 0 Å². The lowest BCUT2D eigenvalue weighted by atomic mass is 10.0. The maximum absolute atomic E-state index is 10.6. The molecule has 1 aromatic carbocycles. The Morgan fingerprint density at radius 2 is 1.82 bits per heavy atom. The smallest absolute Gasteiger partial charge is 0.108 e. The van der Waals surface area contributed by atoms with Crippen LogP contribution in [-0.4, -0.2) is 4.98 Å². The Balaban J connectivity index is 1.85. The van der Waals surface area contributed by atoms with E-state index in [4.69, 9.17) is 0 Å². The van der Waals surface area contributed by atoms with Crippen molar-refractivity contribution in [2.24, 2.45) is 5.18 Å². The van der Waals surface area contributed by atoms with Crippen LogP contribution in [0.2, 0.25) is 0 Å². The molecule has 0 N–H and O–H groups in total. The Kier molecular flexibility index (Phi) is 4.71. The predicted octanol–water partition coefficient (Wildman–Crippen LogP) is 4.86. The Bertz CT molecular complexity index is 753. The fourth-order valence-corrected chi connectivity index (χ4v) is 3.49. The second-order valence-electron chi connectivity index (χ2n) is 5.06. The van der Waals surface area contributed by atoms with E-state index in [0.29, 0.717) is 0 Å². The summed E-state index contributed by atoms with van der Waals surface area (Å²) in [5.74, 6) is 0. The second kappa shape index (κ2) is 7.09. The molecule has 22 heavy (non-hydrogen) atoms. The molecule has 0 unspecified atom stereocenters. The number of thiophene rings is 1. The van der Waals surface area contributed by atoms with Crippen LogP contribution in [0.3, 0.4) is 0 Å². The highest BCUT2D eigenvalue weighted by molar-refractivity contribution is 7.13. The number of nitroso groups, excluding NO2 is 1. The van der Waals surface area contributed by atoms with Crippen LogP contribution in [-0.2, 0) is 19.4 Å². The quantitative estimate of drug-likeness (QED) is 0.610. The Morgan fingerprint density at radius 1 is 0.955 bits per heavy atom. The summed E-state index contributed by atoms with van der Waals surface area (Å²) in [6, 6.07) is 16.4. The van der Waals surface area contributed by atoms with Crippen LogP contribution in [0.1, 0.15) is 16.7 Å². The molecule has 2 aromatic heterocycles. The van der Waals surface area contributed by atoms with Crippen molar-refractivity contribution in [3.8, 4) is 10.6 Å². The lowest BCUT2D eigenvalue weighted by Gasteiger charge is -2.07. The molecule has 3 nitrogen and oxygen atoms in total. The SMILES string of the molecule is O=NCc1cccnc1-c1sccc1CCc1ccccc1. The van der Waals surface area contributed by atoms with E-state index in [1.54, 1.807) is 17.5 Å². The van der Waals surface area contributed by atoms with E-state index in [2.05, 4.69) is 45.9 Å². The molecular weight excluding hydrogens is 292 g/mol. The normalized spacial score (nSPS) is 10.5. The summed E-state index contributed by atoms with van der Waals surface area (Å²) in [7, 11) is 0. The topological polar surface area (TPSA) is 42.3 Å². The first kappa shape index (κ1) is 14.6. The molecule has 110 valence electrons. The number of pyridine rings is 1. The second-order valence-corrected chi connectivity index (χ2v) is 5.98. The molecule has 0 aliphatic carbocycles. The van der Waals surface area contributed by atoms with Crippen molar-refractivity contribution in [2.75, 3.05) is 0 Å². The molecule has 0 radical (unpaired) electrons. The minimum atomic E-state index is 0.166. The van der Waals surface area contributed by atoms with E-state index in [1.165, 1.54) is 11.1 Å². The van der Waals surface area contributed by atoms with Crippen molar-refractivity contribution in [1.29, 1.82) is 0 Å². The third-order valence-electron chi connectivity index (χ3n) is 3.61. The zero-order valence-corrected chi connectivity index (χ0v) is 12.9. The van der Waals surface area contributed by atoms with Gasteiger partial charge in [0.1, 0.15) is 6.54 Å². The van der Waals surface area contributed by atoms with E-state index in [-0.39, 0.29) is 6.54 Å². The number of nitrogens with zero attached hydrogens (tertiary/aromatic N) is 2. The van der Waals surface area contributed by atoms with E-state index < -0.39 is 0 Å². The van der Waals surface area contributed by atoms with Crippen molar-refractivity contribution in [2.45, 2.75) is 19.4 Å². The highest BCUT2D eigenvalue weighted by Crippen LogP contribution is 2.31. The molecule has 3 aromatic rings. The van der Waals surface area contributed by atoms with Gasteiger partial charge in [-0.3, -0.25) is 4.98 Å². The minimum Gasteiger partial charge on any atom is -0.255 e. The van der Waals surface area contributed by atoms with Gasteiger partial charge in [0.2, 0.25) is 0 Å². The lowest BCUT2D eigenvalue weighted by molar-refractivity contribution is 0.964. The molecule has 0 saturated carbocycles. The fraction of sp³-hybridized carbons (Fsp3) is 0.167. The average molecular weight is 308 g/mol. The molecule has 4 heteroatoms. The number of rotatable bonds is 6. The minimum absolute atomic E-state index is 0.166. The van der Waals surface area contributed by atoms with Crippen LogP contribution >= 0.6 is 11.3 Å². The number of aromatic nitrogens is 1. The zero-order valence-electron chi connectivity index (χ0n) is 12.1. The summed E-state index contributed by atoms with van der Waals surface area (Å²) < 4.78 is 0. The van der Waals surface area contributed by atoms with E-state index >= 15 is 0 Å². The van der Waals surface area contributed by atoms with Crippen LogP contribution in [0.15, 0.2) is 65.3 Å². The van der Waals surface area contributed by atoms with Gasteiger partial charge in [0.25, 0.3) is 0 Å². The molecule has 0 spiro atoms. The molecule has 0 saturated heterocycles. The summed E-state index contributed by atoms with van der Waals surface area (Å²) in [5, 5.41) is 5.10. The van der Waals surface area contributed by atoms with Gasteiger partial charge in [0, 0.05) is 11.8 Å². The molecular formula is C18H16N2OS. The molecule has 0 bridgehead atoms. The van der Waals surface area contributed by atoms with Crippen LogP contribution < -0.4 is 0 Å². The van der Waals surface area contributed by atoms with Gasteiger partial charge in [-0.1, -0.05) is 41.6 Å². The Labute approximate surface area is 133 Å². The maximum atomic E-state index is 10.6. The summed E-state index contributed by atoms with van der Waals surface area (Å²) >= 11 is 1.67. The third-order valence-corrected chi connectivity index (χ3v) is 4.58. The number of aryl methyl sites for hydroxylation is 2. The molecule has 0 atom stereocenters. The van der Waals surface area contributed by atoms with Crippen molar-refractivity contribution < 1.29 is 0 Å².